The van der Waals surface area contributed by atoms with Crippen LogP contribution in [0.3, 0.4) is 0 Å². The van der Waals surface area contributed by atoms with Crippen LogP contribution in [0.5, 0.6) is 0 Å². The quantitative estimate of drug-likeness (QED) is 0.930. The molecule has 2 aromatic rings. The van der Waals surface area contributed by atoms with Gasteiger partial charge in [0.25, 0.3) is 0 Å². The third-order valence-corrected chi connectivity index (χ3v) is 3.54. The predicted octanol–water partition coefficient (Wildman–Crippen LogP) is 3.68. The van der Waals surface area contributed by atoms with E-state index in [1.54, 1.807) is 12.1 Å². The largest absolute Gasteiger partial charge is 0.370 e. The maximum absolute atomic E-state index is 13.7. The monoisotopic (exact) mass is 322 g/mol. The van der Waals surface area contributed by atoms with Gasteiger partial charge in [-0.25, -0.2) is 4.39 Å². The van der Waals surface area contributed by atoms with E-state index in [0.29, 0.717) is 18.7 Å². The standard InChI is InChI=1S/C15H16BrFN2/c1-19(10-12-4-2-3-5-14(12)17)15-8-13(16)7-6-11(15)9-18/h2-8H,9-10,18H2,1H3. The highest BCUT2D eigenvalue weighted by Crippen LogP contribution is 2.25. The van der Waals surface area contributed by atoms with Crippen molar-refractivity contribution >= 4 is 21.6 Å². The summed E-state index contributed by atoms with van der Waals surface area (Å²) in [5, 5.41) is 0. The summed E-state index contributed by atoms with van der Waals surface area (Å²) in [4.78, 5) is 2.01. The molecule has 0 saturated carbocycles. The van der Waals surface area contributed by atoms with Gasteiger partial charge in [-0.05, 0) is 23.8 Å². The Kier molecular flexibility index (Phi) is 4.56. The molecular formula is C15H16BrFN2. The lowest BCUT2D eigenvalue weighted by molar-refractivity contribution is 0.608. The van der Waals surface area contributed by atoms with Crippen LogP contribution in [0.25, 0.3) is 0 Å². The zero-order valence-corrected chi connectivity index (χ0v) is 12.3. The molecule has 0 aliphatic carbocycles. The SMILES string of the molecule is CN(Cc1ccccc1F)c1cc(Br)ccc1CN. The van der Waals surface area contributed by atoms with Crippen LogP contribution >= 0.6 is 15.9 Å². The number of benzene rings is 2. The molecule has 0 heterocycles. The van der Waals surface area contributed by atoms with Gasteiger partial charge in [0.1, 0.15) is 5.82 Å². The molecule has 0 saturated heterocycles. The number of nitrogens with zero attached hydrogens (tertiary/aromatic N) is 1. The zero-order chi connectivity index (χ0) is 13.8. The zero-order valence-electron chi connectivity index (χ0n) is 10.7. The van der Waals surface area contributed by atoms with Gasteiger partial charge in [0.2, 0.25) is 0 Å². The maximum atomic E-state index is 13.7. The molecule has 0 bridgehead atoms. The summed E-state index contributed by atoms with van der Waals surface area (Å²) in [6, 6.07) is 12.8. The Morgan fingerprint density at radius 2 is 1.89 bits per heavy atom. The number of hydrogen-bond acceptors (Lipinski definition) is 2. The molecule has 0 aliphatic rings. The Labute approximate surface area is 121 Å². The Balaban J connectivity index is 2.27. The molecule has 0 spiro atoms. The van der Waals surface area contributed by atoms with Crippen LogP contribution in [0.4, 0.5) is 10.1 Å². The van der Waals surface area contributed by atoms with Crippen LogP contribution in [0.15, 0.2) is 46.9 Å². The molecular weight excluding hydrogens is 307 g/mol. The summed E-state index contributed by atoms with van der Waals surface area (Å²) in [5.74, 6) is -0.182. The highest BCUT2D eigenvalue weighted by molar-refractivity contribution is 9.10. The lowest BCUT2D eigenvalue weighted by Gasteiger charge is -2.23. The molecule has 2 aromatic carbocycles. The molecule has 0 fully saturated rings. The van der Waals surface area contributed by atoms with E-state index in [-0.39, 0.29) is 5.82 Å². The molecule has 0 radical (unpaired) electrons. The smallest absolute Gasteiger partial charge is 0.128 e. The molecule has 2 nitrogen and oxygen atoms in total. The second-order valence-electron chi connectivity index (χ2n) is 4.42. The van der Waals surface area contributed by atoms with Crippen molar-refractivity contribution in [3.63, 3.8) is 0 Å². The van der Waals surface area contributed by atoms with Gasteiger partial charge in [-0.15, -0.1) is 0 Å². The van der Waals surface area contributed by atoms with Crippen LogP contribution in [0.1, 0.15) is 11.1 Å². The molecule has 0 atom stereocenters. The van der Waals surface area contributed by atoms with Crippen molar-refractivity contribution in [3.8, 4) is 0 Å². The lowest BCUT2D eigenvalue weighted by Crippen LogP contribution is -2.19. The highest BCUT2D eigenvalue weighted by Gasteiger charge is 2.10. The summed E-state index contributed by atoms with van der Waals surface area (Å²) < 4.78 is 14.7. The number of halogens is 2. The van der Waals surface area contributed by atoms with Crippen molar-refractivity contribution in [3.05, 3.63) is 63.9 Å². The van der Waals surface area contributed by atoms with Crippen molar-refractivity contribution in [2.75, 3.05) is 11.9 Å². The molecule has 0 aliphatic heterocycles. The third-order valence-electron chi connectivity index (χ3n) is 3.04. The number of nitrogens with two attached hydrogens (primary N) is 1. The van der Waals surface area contributed by atoms with Gasteiger partial charge in [0.15, 0.2) is 0 Å². The lowest BCUT2D eigenvalue weighted by atomic mass is 10.1. The van der Waals surface area contributed by atoms with Crippen LogP contribution in [-0.2, 0) is 13.1 Å². The van der Waals surface area contributed by atoms with Gasteiger partial charge in [-0.3, -0.25) is 0 Å². The highest BCUT2D eigenvalue weighted by atomic mass is 79.9. The number of anilines is 1. The first-order valence-corrected chi connectivity index (χ1v) is 6.84. The minimum Gasteiger partial charge on any atom is -0.370 e. The summed E-state index contributed by atoms with van der Waals surface area (Å²) >= 11 is 3.45. The van der Waals surface area contributed by atoms with E-state index in [2.05, 4.69) is 15.9 Å². The van der Waals surface area contributed by atoms with Gasteiger partial charge in [-0.1, -0.05) is 40.2 Å². The van der Waals surface area contributed by atoms with Gasteiger partial charge < -0.3 is 10.6 Å². The summed E-state index contributed by atoms with van der Waals surface area (Å²) in [6.45, 7) is 0.973. The van der Waals surface area contributed by atoms with E-state index in [0.717, 1.165) is 15.7 Å². The Hall–Kier alpha value is -1.39. The summed E-state index contributed by atoms with van der Waals surface area (Å²) in [5.41, 5.74) is 8.48. The predicted molar refractivity (Wildman–Crippen MR) is 80.5 cm³/mol. The van der Waals surface area contributed by atoms with Crippen LogP contribution in [-0.4, -0.2) is 7.05 Å². The van der Waals surface area contributed by atoms with E-state index >= 15 is 0 Å². The molecule has 19 heavy (non-hydrogen) atoms. The van der Waals surface area contributed by atoms with Crippen molar-refractivity contribution in [2.24, 2.45) is 5.73 Å². The minimum absolute atomic E-state index is 0.182. The molecule has 4 heteroatoms. The second-order valence-corrected chi connectivity index (χ2v) is 5.34. The van der Waals surface area contributed by atoms with Crippen LogP contribution < -0.4 is 10.6 Å². The molecule has 100 valence electrons. The Morgan fingerprint density at radius 3 is 2.58 bits per heavy atom. The summed E-state index contributed by atoms with van der Waals surface area (Å²) in [7, 11) is 1.94. The molecule has 0 aromatic heterocycles. The van der Waals surface area contributed by atoms with E-state index in [9.17, 15) is 4.39 Å². The Morgan fingerprint density at radius 1 is 1.16 bits per heavy atom. The first-order chi connectivity index (χ1) is 9.11. The molecule has 0 amide bonds. The first-order valence-electron chi connectivity index (χ1n) is 6.05. The van der Waals surface area contributed by atoms with Crippen molar-refractivity contribution in [2.45, 2.75) is 13.1 Å². The topological polar surface area (TPSA) is 29.3 Å². The van der Waals surface area contributed by atoms with E-state index in [4.69, 9.17) is 5.73 Å². The van der Waals surface area contributed by atoms with Gasteiger partial charge in [-0.2, -0.15) is 0 Å². The number of rotatable bonds is 4. The van der Waals surface area contributed by atoms with Crippen molar-refractivity contribution < 1.29 is 4.39 Å². The molecule has 2 rings (SSSR count). The fourth-order valence-corrected chi connectivity index (χ4v) is 2.38. The average Bonchev–Trinajstić information content (AvgIpc) is 2.41. The fourth-order valence-electron chi connectivity index (χ4n) is 2.03. The number of hydrogen-bond donors (Lipinski definition) is 1. The minimum atomic E-state index is -0.182. The van der Waals surface area contributed by atoms with Crippen molar-refractivity contribution in [1.82, 2.24) is 0 Å². The van der Waals surface area contributed by atoms with Gasteiger partial charge in [0, 0.05) is 35.9 Å². The van der Waals surface area contributed by atoms with Crippen LogP contribution in [0, 0.1) is 5.82 Å². The summed E-state index contributed by atoms with van der Waals surface area (Å²) in [6.07, 6.45) is 0. The first kappa shape index (κ1) is 14.0. The maximum Gasteiger partial charge on any atom is 0.128 e. The molecule has 0 unspecified atom stereocenters. The van der Waals surface area contributed by atoms with Crippen molar-refractivity contribution in [1.29, 1.82) is 0 Å². The van der Waals surface area contributed by atoms with E-state index in [1.165, 1.54) is 6.07 Å². The van der Waals surface area contributed by atoms with E-state index in [1.807, 2.05) is 36.2 Å². The Bertz CT molecular complexity index is 572. The second kappa shape index (κ2) is 6.17. The van der Waals surface area contributed by atoms with Crippen LogP contribution in [0.2, 0.25) is 0 Å². The fraction of sp³-hybridized carbons (Fsp3) is 0.200. The normalized spacial score (nSPS) is 10.5. The van der Waals surface area contributed by atoms with E-state index < -0.39 is 0 Å². The average molecular weight is 323 g/mol. The third kappa shape index (κ3) is 3.33. The molecule has 2 N–H and O–H groups in total. The van der Waals surface area contributed by atoms with Gasteiger partial charge >= 0.3 is 0 Å². The van der Waals surface area contributed by atoms with Gasteiger partial charge in [0.05, 0.1) is 0 Å².